The lowest BCUT2D eigenvalue weighted by atomic mass is 9.96. The first-order chi connectivity index (χ1) is 11.4. The molecule has 2 heterocycles. The molecule has 2 N–H and O–H groups in total. The molecule has 0 radical (unpaired) electrons. The van der Waals surface area contributed by atoms with Crippen LogP contribution in [-0.2, 0) is 14.6 Å². The Labute approximate surface area is 142 Å². The molecule has 1 aromatic carbocycles. The summed E-state index contributed by atoms with van der Waals surface area (Å²) in [7, 11) is -3.16. The van der Waals surface area contributed by atoms with Crippen LogP contribution in [0.5, 0.6) is 0 Å². The first-order valence-electron chi connectivity index (χ1n) is 8.51. The van der Waals surface area contributed by atoms with Crippen molar-refractivity contribution in [1.29, 1.82) is 0 Å². The first kappa shape index (κ1) is 17.8. The summed E-state index contributed by atoms with van der Waals surface area (Å²) in [5.74, 6) is 0. The van der Waals surface area contributed by atoms with Gasteiger partial charge in [0, 0.05) is 25.3 Å². The Kier molecular flexibility index (Phi) is 5.54. The molecule has 0 amide bonds. The number of ether oxygens (including phenoxy) is 1. The quantitative estimate of drug-likeness (QED) is 0.847. The second-order valence-corrected chi connectivity index (χ2v) is 8.71. The van der Waals surface area contributed by atoms with Crippen molar-refractivity contribution in [1.82, 2.24) is 10.6 Å². The Hall–Kier alpha value is -1.02. The molecule has 2 saturated heterocycles. The van der Waals surface area contributed by atoms with Crippen LogP contribution < -0.4 is 10.6 Å². The van der Waals surface area contributed by atoms with E-state index in [-0.39, 0.29) is 18.3 Å². The molecular weight excluding hydrogens is 331 g/mol. The van der Waals surface area contributed by atoms with Gasteiger partial charge in [-0.3, -0.25) is 10.6 Å². The summed E-state index contributed by atoms with van der Waals surface area (Å²) in [5.41, 5.74) is 1.09. The molecule has 0 bridgehead atoms. The molecule has 2 fully saturated rings. The third-order valence-electron chi connectivity index (χ3n) is 4.75. The average Bonchev–Trinajstić information content (AvgIpc) is 2.98. The van der Waals surface area contributed by atoms with Crippen LogP contribution in [-0.4, -0.2) is 39.8 Å². The molecule has 0 saturated carbocycles. The van der Waals surface area contributed by atoms with Crippen molar-refractivity contribution < 1.29 is 17.5 Å². The van der Waals surface area contributed by atoms with E-state index in [1.54, 1.807) is 12.1 Å². The van der Waals surface area contributed by atoms with Crippen LogP contribution in [0.2, 0.25) is 0 Å². The summed E-state index contributed by atoms with van der Waals surface area (Å²) in [6.07, 6.45) is 4.59. The van der Waals surface area contributed by atoms with Gasteiger partial charge < -0.3 is 4.74 Å². The highest BCUT2D eigenvalue weighted by Crippen LogP contribution is 2.26. The van der Waals surface area contributed by atoms with Gasteiger partial charge in [-0.05, 0) is 43.4 Å². The Bertz CT molecular complexity index is 650. The number of benzene rings is 1. The number of hydrogen-bond acceptors (Lipinski definition) is 5. The summed E-state index contributed by atoms with van der Waals surface area (Å²) >= 11 is 0. The molecule has 134 valence electrons. The van der Waals surface area contributed by atoms with E-state index in [2.05, 4.69) is 10.6 Å². The van der Waals surface area contributed by atoms with Crippen LogP contribution in [0.1, 0.15) is 43.7 Å². The van der Waals surface area contributed by atoms with Crippen LogP contribution in [0.4, 0.5) is 4.39 Å². The van der Waals surface area contributed by atoms with Crippen molar-refractivity contribution in [3.8, 4) is 0 Å². The number of piperidine rings is 1. The van der Waals surface area contributed by atoms with E-state index in [0.29, 0.717) is 17.9 Å². The van der Waals surface area contributed by atoms with Crippen molar-refractivity contribution in [2.45, 2.75) is 61.7 Å². The fourth-order valence-electron chi connectivity index (χ4n) is 3.39. The summed E-state index contributed by atoms with van der Waals surface area (Å²) in [5, 5.41) is 6.97. The molecule has 2 aliphatic heterocycles. The maximum absolute atomic E-state index is 13.0. The van der Waals surface area contributed by atoms with Crippen LogP contribution >= 0.6 is 0 Å². The van der Waals surface area contributed by atoms with Crippen molar-refractivity contribution in [2.75, 3.05) is 12.8 Å². The largest absolute Gasteiger partial charge is 0.343 e. The zero-order chi connectivity index (χ0) is 17.2. The van der Waals surface area contributed by atoms with E-state index in [0.717, 1.165) is 31.2 Å². The lowest BCUT2D eigenvalue weighted by molar-refractivity contribution is -0.0341. The van der Waals surface area contributed by atoms with E-state index in [9.17, 15) is 12.8 Å². The van der Waals surface area contributed by atoms with E-state index < -0.39 is 16.2 Å². The topological polar surface area (TPSA) is 67.4 Å². The third kappa shape index (κ3) is 4.53. The van der Waals surface area contributed by atoms with Crippen molar-refractivity contribution >= 4 is 9.84 Å². The molecule has 7 heteroatoms. The van der Waals surface area contributed by atoms with Gasteiger partial charge in [-0.15, -0.1) is 0 Å². The number of hydrogen-bond donors (Lipinski definition) is 2. The van der Waals surface area contributed by atoms with E-state index in [1.807, 2.05) is 12.1 Å². The van der Waals surface area contributed by atoms with Crippen LogP contribution in [0, 0.1) is 0 Å². The van der Waals surface area contributed by atoms with Gasteiger partial charge in [-0.2, -0.15) is 0 Å². The van der Waals surface area contributed by atoms with E-state index in [1.165, 1.54) is 6.26 Å². The minimum absolute atomic E-state index is 0.0452. The second kappa shape index (κ2) is 7.47. The highest BCUT2D eigenvalue weighted by atomic mass is 32.2. The normalized spacial score (nSPS) is 31.2. The third-order valence-corrected chi connectivity index (χ3v) is 5.87. The van der Waals surface area contributed by atoms with Gasteiger partial charge in [0.2, 0.25) is 0 Å². The van der Waals surface area contributed by atoms with Gasteiger partial charge in [-0.1, -0.05) is 12.1 Å². The zero-order valence-corrected chi connectivity index (χ0v) is 14.7. The Balaban J connectivity index is 1.55. The highest BCUT2D eigenvalue weighted by molar-refractivity contribution is 7.90. The first-order valence-corrected chi connectivity index (χ1v) is 10.4. The van der Waals surface area contributed by atoms with Gasteiger partial charge in [-0.25, -0.2) is 12.8 Å². The Morgan fingerprint density at radius 3 is 2.58 bits per heavy atom. The fraction of sp³-hybridized carbons (Fsp3) is 0.647. The zero-order valence-electron chi connectivity index (χ0n) is 13.9. The highest BCUT2D eigenvalue weighted by Gasteiger charge is 2.27. The van der Waals surface area contributed by atoms with E-state index >= 15 is 0 Å². The summed E-state index contributed by atoms with van der Waals surface area (Å²) in [6, 6.07) is 7.28. The van der Waals surface area contributed by atoms with Crippen molar-refractivity contribution in [3.05, 3.63) is 29.8 Å². The van der Waals surface area contributed by atoms with Gasteiger partial charge in [0.05, 0.1) is 17.2 Å². The molecule has 1 aromatic rings. The monoisotopic (exact) mass is 356 g/mol. The maximum Gasteiger partial charge on any atom is 0.199 e. The molecule has 24 heavy (non-hydrogen) atoms. The molecular formula is C17H25FN2O3S. The minimum atomic E-state index is -3.16. The van der Waals surface area contributed by atoms with Crippen LogP contribution in [0.15, 0.2) is 29.2 Å². The number of halogens is 1. The van der Waals surface area contributed by atoms with Gasteiger partial charge in [0.1, 0.15) is 0 Å². The molecule has 0 spiro atoms. The van der Waals surface area contributed by atoms with Crippen molar-refractivity contribution in [2.24, 2.45) is 0 Å². The molecule has 0 aliphatic carbocycles. The summed E-state index contributed by atoms with van der Waals surface area (Å²) < 4.78 is 41.3. The van der Waals surface area contributed by atoms with Gasteiger partial charge >= 0.3 is 0 Å². The molecule has 4 unspecified atom stereocenters. The molecule has 4 atom stereocenters. The smallest absolute Gasteiger partial charge is 0.199 e. The van der Waals surface area contributed by atoms with Gasteiger partial charge in [0.25, 0.3) is 0 Å². The number of nitrogens with one attached hydrogen (secondary N) is 2. The second-order valence-electron chi connectivity index (χ2n) is 6.70. The molecule has 5 nitrogen and oxygen atoms in total. The number of alkyl halides is 1. The maximum atomic E-state index is 13.0. The van der Waals surface area contributed by atoms with Crippen LogP contribution in [0.25, 0.3) is 0 Å². The molecule has 0 aromatic heterocycles. The standard InChI is InChI=1S/C17H25FN2O3S/c1-24(21,22)14-8-5-12(6-9-14)15-3-2-4-17(20-15)19-11-13-7-10-16(18)23-13/h5-6,8-9,13,15-17,19-20H,2-4,7,10-11H2,1H3. The predicted molar refractivity (Wildman–Crippen MR) is 90.1 cm³/mol. The van der Waals surface area contributed by atoms with Crippen molar-refractivity contribution in [3.63, 3.8) is 0 Å². The number of sulfone groups is 1. The predicted octanol–water partition coefficient (Wildman–Crippen LogP) is 2.29. The summed E-state index contributed by atoms with van der Waals surface area (Å²) in [4.78, 5) is 0.343. The van der Waals surface area contributed by atoms with Crippen LogP contribution in [0.3, 0.4) is 0 Å². The lowest BCUT2D eigenvalue weighted by Crippen LogP contribution is -2.48. The number of rotatable bonds is 5. The average molecular weight is 356 g/mol. The van der Waals surface area contributed by atoms with E-state index in [4.69, 9.17) is 4.74 Å². The minimum Gasteiger partial charge on any atom is -0.343 e. The van der Waals surface area contributed by atoms with Gasteiger partial charge in [0.15, 0.2) is 16.2 Å². The summed E-state index contributed by atoms with van der Waals surface area (Å²) in [6.45, 7) is 0.651. The molecule has 3 rings (SSSR count). The molecule has 2 aliphatic rings. The Morgan fingerprint density at radius 1 is 1.21 bits per heavy atom. The SMILES string of the molecule is CS(=O)(=O)c1ccc(C2CCCC(NCC3CCC(F)O3)N2)cc1. The fourth-order valence-corrected chi connectivity index (χ4v) is 4.02. The Morgan fingerprint density at radius 2 is 1.96 bits per heavy atom. The lowest BCUT2D eigenvalue weighted by Gasteiger charge is -2.32.